The SMILES string of the molecule is O=C(O)c1cn(Cc2ccc(F)cc2F)c2c(F)cccc2c1=O. The van der Waals surface area contributed by atoms with E-state index in [0.29, 0.717) is 6.07 Å². The molecule has 4 nitrogen and oxygen atoms in total. The third-order valence-electron chi connectivity index (χ3n) is 3.63. The van der Waals surface area contributed by atoms with Gasteiger partial charge in [0.15, 0.2) is 0 Å². The van der Waals surface area contributed by atoms with E-state index in [1.165, 1.54) is 18.2 Å². The summed E-state index contributed by atoms with van der Waals surface area (Å²) in [4.78, 5) is 23.4. The van der Waals surface area contributed by atoms with Gasteiger partial charge in [-0.25, -0.2) is 18.0 Å². The maximum atomic E-state index is 14.2. The summed E-state index contributed by atoms with van der Waals surface area (Å²) in [7, 11) is 0. The van der Waals surface area contributed by atoms with Gasteiger partial charge in [-0.2, -0.15) is 0 Å². The van der Waals surface area contributed by atoms with Crippen LogP contribution in [-0.4, -0.2) is 15.6 Å². The number of aromatic carboxylic acids is 1. The molecule has 0 unspecified atom stereocenters. The standard InChI is InChI=1S/C17H10F3NO3/c18-10-5-4-9(14(20)6-10)7-21-8-12(17(23)24)16(22)11-2-1-3-13(19)15(11)21/h1-6,8H,7H2,(H,23,24). The van der Waals surface area contributed by atoms with Crippen molar-refractivity contribution in [1.29, 1.82) is 0 Å². The fourth-order valence-electron chi connectivity index (χ4n) is 2.53. The number of para-hydroxylation sites is 1. The average Bonchev–Trinajstić information content (AvgIpc) is 2.52. The van der Waals surface area contributed by atoms with Crippen molar-refractivity contribution in [3.05, 3.63) is 81.4 Å². The van der Waals surface area contributed by atoms with Crippen LogP contribution in [0, 0.1) is 17.5 Å². The van der Waals surface area contributed by atoms with Crippen LogP contribution in [0.3, 0.4) is 0 Å². The van der Waals surface area contributed by atoms with Crippen molar-refractivity contribution in [2.45, 2.75) is 6.54 Å². The first-order valence-electron chi connectivity index (χ1n) is 6.87. The van der Waals surface area contributed by atoms with E-state index in [4.69, 9.17) is 5.11 Å². The molecule has 0 aliphatic carbocycles. The van der Waals surface area contributed by atoms with Crippen LogP contribution < -0.4 is 5.43 Å². The highest BCUT2D eigenvalue weighted by atomic mass is 19.1. The highest BCUT2D eigenvalue weighted by molar-refractivity contribution is 5.92. The number of rotatable bonds is 3. The molecule has 2 aromatic carbocycles. The Hall–Kier alpha value is -3.09. The van der Waals surface area contributed by atoms with Crippen LogP contribution >= 0.6 is 0 Å². The summed E-state index contributed by atoms with van der Waals surface area (Å²) in [6, 6.07) is 6.58. The second kappa shape index (κ2) is 5.84. The number of hydrogen-bond acceptors (Lipinski definition) is 2. The summed E-state index contributed by atoms with van der Waals surface area (Å²) in [6.45, 7) is -0.260. The fraction of sp³-hybridized carbons (Fsp3) is 0.0588. The first-order valence-corrected chi connectivity index (χ1v) is 6.87. The van der Waals surface area contributed by atoms with Gasteiger partial charge in [0.2, 0.25) is 5.43 Å². The molecule has 0 bridgehead atoms. The third kappa shape index (κ3) is 2.64. The molecule has 0 saturated carbocycles. The first-order chi connectivity index (χ1) is 11.4. The maximum Gasteiger partial charge on any atom is 0.341 e. The Morgan fingerprint density at radius 1 is 1.08 bits per heavy atom. The second-order valence-electron chi connectivity index (χ2n) is 5.18. The molecule has 3 aromatic rings. The summed E-state index contributed by atoms with van der Waals surface area (Å²) in [5, 5.41) is 9.02. The Balaban J connectivity index is 2.28. The number of benzene rings is 2. The zero-order chi connectivity index (χ0) is 17.4. The minimum Gasteiger partial charge on any atom is -0.477 e. The summed E-state index contributed by atoms with van der Waals surface area (Å²) in [5.74, 6) is -3.84. The molecule has 0 spiro atoms. The Morgan fingerprint density at radius 2 is 1.83 bits per heavy atom. The molecule has 0 saturated heterocycles. The first kappa shape index (κ1) is 15.8. The zero-order valence-corrected chi connectivity index (χ0v) is 12.1. The molecular weight excluding hydrogens is 323 g/mol. The molecule has 24 heavy (non-hydrogen) atoms. The van der Waals surface area contributed by atoms with Gasteiger partial charge in [0.1, 0.15) is 23.0 Å². The van der Waals surface area contributed by atoms with Gasteiger partial charge in [0.05, 0.1) is 12.1 Å². The van der Waals surface area contributed by atoms with Crippen LogP contribution in [0.25, 0.3) is 10.9 Å². The van der Waals surface area contributed by atoms with Crippen molar-refractivity contribution in [2.24, 2.45) is 0 Å². The zero-order valence-electron chi connectivity index (χ0n) is 12.1. The molecule has 0 aliphatic heterocycles. The Bertz CT molecular complexity index is 1030. The lowest BCUT2D eigenvalue weighted by molar-refractivity contribution is 0.0695. The van der Waals surface area contributed by atoms with Gasteiger partial charge in [-0.3, -0.25) is 4.79 Å². The summed E-state index contributed by atoms with van der Waals surface area (Å²) >= 11 is 0. The number of aromatic nitrogens is 1. The van der Waals surface area contributed by atoms with Gasteiger partial charge in [-0.05, 0) is 18.2 Å². The van der Waals surface area contributed by atoms with Crippen molar-refractivity contribution in [3.63, 3.8) is 0 Å². The molecule has 0 aliphatic rings. The van der Waals surface area contributed by atoms with Crippen molar-refractivity contribution in [1.82, 2.24) is 4.57 Å². The monoisotopic (exact) mass is 333 g/mol. The quantitative estimate of drug-likeness (QED) is 0.801. The number of fused-ring (bicyclic) bond motifs is 1. The van der Waals surface area contributed by atoms with Gasteiger partial charge in [0.25, 0.3) is 0 Å². The molecule has 1 heterocycles. The highest BCUT2D eigenvalue weighted by Gasteiger charge is 2.17. The molecule has 1 aromatic heterocycles. The van der Waals surface area contributed by atoms with Crippen LogP contribution in [0.5, 0.6) is 0 Å². The second-order valence-corrected chi connectivity index (χ2v) is 5.18. The number of nitrogens with zero attached hydrogens (tertiary/aromatic N) is 1. The molecule has 0 amide bonds. The van der Waals surface area contributed by atoms with E-state index in [0.717, 1.165) is 22.9 Å². The van der Waals surface area contributed by atoms with Gasteiger partial charge < -0.3 is 9.67 Å². The van der Waals surface area contributed by atoms with Crippen LogP contribution in [0.2, 0.25) is 0 Å². The Morgan fingerprint density at radius 3 is 2.50 bits per heavy atom. The van der Waals surface area contributed by atoms with E-state index >= 15 is 0 Å². The van der Waals surface area contributed by atoms with Crippen LogP contribution in [0.4, 0.5) is 13.2 Å². The third-order valence-corrected chi connectivity index (χ3v) is 3.63. The predicted molar refractivity (Wildman–Crippen MR) is 80.6 cm³/mol. The number of carboxylic acid groups (broad SMARTS) is 1. The number of carbonyl (C=O) groups is 1. The van der Waals surface area contributed by atoms with E-state index < -0.39 is 34.4 Å². The number of pyridine rings is 1. The molecule has 3 rings (SSSR count). The van der Waals surface area contributed by atoms with Gasteiger partial charge in [0, 0.05) is 23.2 Å². The molecule has 122 valence electrons. The van der Waals surface area contributed by atoms with E-state index in [1.807, 2.05) is 0 Å². The molecule has 1 N–H and O–H groups in total. The highest BCUT2D eigenvalue weighted by Crippen LogP contribution is 2.19. The predicted octanol–water partition coefficient (Wildman–Crippen LogP) is 3.17. The topological polar surface area (TPSA) is 59.3 Å². The largest absolute Gasteiger partial charge is 0.477 e. The molecule has 7 heteroatoms. The molecular formula is C17H10F3NO3. The van der Waals surface area contributed by atoms with Gasteiger partial charge >= 0.3 is 5.97 Å². The number of halogens is 3. The molecule has 0 atom stereocenters. The van der Waals surface area contributed by atoms with Gasteiger partial charge in [-0.1, -0.05) is 12.1 Å². The van der Waals surface area contributed by atoms with E-state index in [2.05, 4.69) is 0 Å². The summed E-state index contributed by atoms with van der Waals surface area (Å²) in [6.07, 6.45) is 0.957. The fourth-order valence-corrected chi connectivity index (χ4v) is 2.53. The normalized spacial score (nSPS) is 11.0. The molecule has 0 radical (unpaired) electrons. The number of hydrogen-bond donors (Lipinski definition) is 1. The average molecular weight is 333 g/mol. The summed E-state index contributed by atoms with van der Waals surface area (Å²) < 4.78 is 42.1. The van der Waals surface area contributed by atoms with Crippen LogP contribution in [0.1, 0.15) is 15.9 Å². The van der Waals surface area contributed by atoms with E-state index in [1.54, 1.807) is 0 Å². The van der Waals surface area contributed by atoms with Crippen molar-refractivity contribution in [2.75, 3.05) is 0 Å². The van der Waals surface area contributed by atoms with Gasteiger partial charge in [-0.15, -0.1) is 0 Å². The van der Waals surface area contributed by atoms with E-state index in [-0.39, 0.29) is 23.0 Å². The van der Waals surface area contributed by atoms with Crippen molar-refractivity contribution >= 4 is 16.9 Å². The molecule has 0 fully saturated rings. The minimum atomic E-state index is -1.47. The smallest absolute Gasteiger partial charge is 0.341 e. The lowest BCUT2D eigenvalue weighted by Gasteiger charge is -2.13. The number of carboxylic acids is 1. The van der Waals surface area contributed by atoms with Crippen LogP contribution in [-0.2, 0) is 6.54 Å². The van der Waals surface area contributed by atoms with Crippen LogP contribution in [0.15, 0.2) is 47.4 Å². The van der Waals surface area contributed by atoms with E-state index in [9.17, 15) is 22.8 Å². The lowest BCUT2D eigenvalue weighted by Crippen LogP contribution is -2.20. The lowest BCUT2D eigenvalue weighted by atomic mass is 10.1. The maximum absolute atomic E-state index is 14.2. The minimum absolute atomic E-state index is 0.0286. The van der Waals surface area contributed by atoms with Crippen molar-refractivity contribution in [3.8, 4) is 0 Å². The van der Waals surface area contributed by atoms with Crippen molar-refractivity contribution < 1.29 is 23.1 Å². The Kier molecular flexibility index (Phi) is 3.84. The summed E-state index contributed by atoms with van der Waals surface area (Å²) in [5.41, 5.74) is -1.50. The Labute approximate surface area is 133 Å².